The highest BCUT2D eigenvalue weighted by Gasteiger charge is 2.50. The predicted octanol–water partition coefficient (Wildman–Crippen LogP) is 2.01. The third-order valence-corrected chi connectivity index (χ3v) is 6.80. The van der Waals surface area contributed by atoms with Gasteiger partial charge in [0.1, 0.15) is 5.60 Å². The molecule has 2 fully saturated rings. The Hall–Kier alpha value is -1.89. The number of nitrogens with zero attached hydrogens (tertiary/aromatic N) is 2. The van der Waals surface area contributed by atoms with Crippen LogP contribution in [0.1, 0.15) is 65.7 Å². The summed E-state index contributed by atoms with van der Waals surface area (Å²) in [7, 11) is 0. The molecule has 1 atom stereocenters. The molecule has 7 nitrogen and oxygen atoms in total. The smallest absolute Gasteiger partial charge is 0.335 e. The van der Waals surface area contributed by atoms with Gasteiger partial charge in [-0.25, -0.2) is 4.79 Å². The molecule has 0 bridgehead atoms. The van der Waals surface area contributed by atoms with Gasteiger partial charge in [0.2, 0.25) is 5.91 Å². The molecule has 2 amide bonds. The molecule has 3 aliphatic heterocycles. The van der Waals surface area contributed by atoms with E-state index in [1.165, 1.54) is 25.7 Å². The fourth-order valence-corrected chi connectivity index (χ4v) is 5.05. The Balaban J connectivity index is 1.55. The second-order valence-electron chi connectivity index (χ2n) is 8.59. The monoisotopic (exact) mass is 405 g/mol. The maximum absolute atomic E-state index is 13.0. The summed E-state index contributed by atoms with van der Waals surface area (Å²) >= 11 is 0. The molecule has 29 heavy (non-hydrogen) atoms. The molecule has 3 aliphatic rings. The van der Waals surface area contributed by atoms with Crippen LogP contribution in [-0.2, 0) is 19.1 Å². The Bertz CT molecular complexity index is 680. The summed E-state index contributed by atoms with van der Waals surface area (Å²) in [6.07, 6.45) is 6.87. The lowest BCUT2D eigenvalue weighted by atomic mass is 9.82. The van der Waals surface area contributed by atoms with Gasteiger partial charge < -0.3 is 19.9 Å². The fraction of sp³-hybridized carbons (Fsp3) is 0.773. The highest BCUT2D eigenvalue weighted by Crippen LogP contribution is 2.41. The van der Waals surface area contributed by atoms with Crippen LogP contribution in [0.4, 0.5) is 0 Å². The van der Waals surface area contributed by atoms with Gasteiger partial charge >= 0.3 is 5.97 Å². The van der Waals surface area contributed by atoms with E-state index in [-0.39, 0.29) is 11.8 Å². The van der Waals surface area contributed by atoms with E-state index in [0.717, 1.165) is 19.5 Å². The van der Waals surface area contributed by atoms with Crippen molar-refractivity contribution >= 4 is 17.8 Å². The summed E-state index contributed by atoms with van der Waals surface area (Å²) in [6.45, 7) is 9.18. The minimum Gasteiger partial charge on any atom is -0.450 e. The van der Waals surface area contributed by atoms with Gasteiger partial charge in [-0.1, -0.05) is 13.3 Å². The number of hydrogen-bond donors (Lipinski definition) is 1. The minimum atomic E-state index is -0.878. The van der Waals surface area contributed by atoms with Gasteiger partial charge in [0.15, 0.2) is 0 Å². The van der Waals surface area contributed by atoms with Crippen LogP contribution in [0, 0.1) is 0 Å². The molecule has 0 aromatic rings. The van der Waals surface area contributed by atoms with Crippen LogP contribution in [0.5, 0.6) is 0 Å². The van der Waals surface area contributed by atoms with E-state index in [4.69, 9.17) is 4.74 Å². The minimum absolute atomic E-state index is 0.0129. The van der Waals surface area contributed by atoms with Crippen molar-refractivity contribution in [3.8, 4) is 0 Å². The Morgan fingerprint density at radius 2 is 1.93 bits per heavy atom. The summed E-state index contributed by atoms with van der Waals surface area (Å²) in [4.78, 5) is 41.1. The largest absolute Gasteiger partial charge is 0.450 e. The molecule has 1 unspecified atom stereocenters. The number of nitrogens with one attached hydrogen (secondary N) is 1. The van der Waals surface area contributed by atoms with Crippen molar-refractivity contribution < 1.29 is 19.1 Å². The number of carbonyl (C=O) groups excluding carboxylic acids is 3. The molecule has 0 radical (unpaired) electrons. The van der Waals surface area contributed by atoms with E-state index >= 15 is 0 Å². The quantitative estimate of drug-likeness (QED) is 0.540. The summed E-state index contributed by atoms with van der Waals surface area (Å²) in [5.41, 5.74) is -0.00634. The zero-order valence-electron chi connectivity index (χ0n) is 18.1. The van der Waals surface area contributed by atoms with Crippen molar-refractivity contribution in [1.82, 2.24) is 15.1 Å². The summed E-state index contributed by atoms with van der Waals surface area (Å²) in [5.74, 6) is -0.597. The van der Waals surface area contributed by atoms with Crippen molar-refractivity contribution in [2.24, 2.45) is 0 Å². The van der Waals surface area contributed by atoms with E-state index < -0.39 is 11.6 Å². The Kier molecular flexibility index (Phi) is 6.98. The van der Waals surface area contributed by atoms with Crippen LogP contribution < -0.4 is 5.32 Å². The van der Waals surface area contributed by atoms with Crippen molar-refractivity contribution in [2.75, 3.05) is 32.7 Å². The second-order valence-corrected chi connectivity index (χ2v) is 8.59. The molecule has 2 saturated heterocycles. The molecular weight excluding hydrogens is 370 g/mol. The van der Waals surface area contributed by atoms with Gasteiger partial charge in [0.05, 0.1) is 5.57 Å². The SMILES string of the molecule is CCC1CCCCN1CCCNC(=O)C1=C(C)C(=O)OC12CCN(C(C)=O)CC2. The molecule has 162 valence electrons. The first-order valence-electron chi connectivity index (χ1n) is 11.1. The molecular formula is C22H35N3O4. The van der Waals surface area contributed by atoms with Crippen LogP contribution in [0.15, 0.2) is 11.1 Å². The Morgan fingerprint density at radius 1 is 1.21 bits per heavy atom. The van der Waals surface area contributed by atoms with Crippen LogP contribution in [-0.4, -0.2) is 72.0 Å². The van der Waals surface area contributed by atoms with Gasteiger partial charge in [0, 0.05) is 57.6 Å². The first-order chi connectivity index (χ1) is 13.9. The fourth-order valence-electron chi connectivity index (χ4n) is 5.05. The molecule has 1 spiro atoms. The van der Waals surface area contributed by atoms with E-state index in [2.05, 4.69) is 17.1 Å². The van der Waals surface area contributed by atoms with Crippen molar-refractivity contribution in [3.05, 3.63) is 11.1 Å². The zero-order chi connectivity index (χ0) is 21.0. The summed E-state index contributed by atoms with van der Waals surface area (Å²) in [6, 6.07) is 0.667. The standard InChI is InChI=1S/C22H35N3O4/c1-4-18-8-5-6-12-25(18)13-7-11-23-20(27)19-16(2)21(28)29-22(19)9-14-24(15-10-22)17(3)26/h18H,4-15H2,1-3H3,(H,23,27). The highest BCUT2D eigenvalue weighted by atomic mass is 16.6. The normalized spacial score (nSPS) is 24.7. The lowest BCUT2D eigenvalue weighted by molar-refractivity contribution is -0.152. The average Bonchev–Trinajstić information content (AvgIpc) is 2.95. The third kappa shape index (κ3) is 4.65. The summed E-state index contributed by atoms with van der Waals surface area (Å²) in [5, 5.41) is 3.02. The van der Waals surface area contributed by atoms with Gasteiger partial charge in [-0.2, -0.15) is 0 Å². The average molecular weight is 406 g/mol. The topological polar surface area (TPSA) is 79.0 Å². The molecule has 7 heteroatoms. The molecule has 0 saturated carbocycles. The first-order valence-corrected chi connectivity index (χ1v) is 11.1. The number of amides is 2. The van der Waals surface area contributed by atoms with Crippen LogP contribution in [0.25, 0.3) is 0 Å². The number of rotatable bonds is 6. The molecule has 0 aliphatic carbocycles. The number of esters is 1. The molecule has 1 N–H and O–H groups in total. The van der Waals surface area contributed by atoms with Gasteiger partial charge in [-0.05, 0) is 39.2 Å². The van der Waals surface area contributed by atoms with Crippen LogP contribution in [0.3, 0.4) is 0 Å². The van der Waals surface area contributed by atoms with Gasteiger partial charge in [-0.15, -0.1) is 0 Å². The van der Waals surface area contributed by atoms with E-state index in [1.807, 2.05) is 0 Å². The zero-order valence-corrected chi connectivity index (χ0v) is 18.1. The van der Waals surface area contributed by atoms with Crippen molar-refractivity contribution in [2.45, 2.75) is 77.4 Å². The number of likely N-dealkylation sites (tertiary alicyclic amines) is 2. The third-order valence-electron chi connectivity index (χ3n) is 6.80. The Labute approximate surface area is 173 Å². The first kappa shape index (κ1) is 21.8. The number of ether oxygens (including phenoxy) is 1. The lowest BCUT2D eigenvalue weighted by Gasteiger charge is -2.39. The number of hydrogen-bond acceptors (Lipinski definition) is 5. The van der Waals surface area contributed by atoms with Crippen molar-refractivity contribution in [3.63, 3.8) is 0 Å². The van der Waals surface area contributed by atoms with E-state index in [9.17, 15) is 14.4 Å². The number of carbonyl (C=O) groups is 3. The lowest BCUT2D eigenvalue weighted by Crippen LogP contribution is -2.50. The van der Waals surface area contributed by atoms with Gasteiger partial charge in [-0.3, -0.25) is 9.59 Å². The maximum Gasteiger partial charge on any atom is 0.335 e. The molecule has 3 rings (SSSR count). The number of piperidine rings is 2. The van der Waals surface area contributed by atoms with Crippen molar-refractivity contribution in [1.29, 1.82) is 0 Å². The predicted molar refractivity (Wildman–Crippen MR) is 110 cm³/mol. The molecule has 0 aromatic carbocycles. The summed E-state index contributed by atoms with van der Waals surface area (Å²) < 4.78 is 5.67. The van der Waals surface area contributed by atoms with E-state index in [0.29, 0.717) is 49.7 Å². The van der Waals surface area contributed by atoms with Crippen LogP contribution >= 0.6 is 0 Å². The maximum atomic E-state index is 13.0. The van der Waals surface area contributed by atoms with E-state index in [1.54, 1.807) is 18.7 Å². The second kappa shape index (κ2) is 9.28. The van der Waals surface area contributed by atoms with Gasteiger partial charge in [0.25, 0.3) is 5.91 Å². The molecule has 0 aromatic heterocycles. The van der Waals surface area contributed by atoms with Crippen LogP contribution in [0.2, 0.25) is 0 Å². The molecule has 3 heterocycles. The Morgan fingerprint density at radius 3 is 2.59 bits per heavy atom. The highest BCUT2D eigenvalue weighted by molar-refractivity contribution is 6.07.